The highest BCUT2D eigenvalue weighted by Gasteiger charge is 2.35. The molecule has 0 saturated carbocycles. The Labute approximate surface area is 172 Å². The van der Waals surface area contributed by atoms with Gasteiger partial charge in [0, 0.05) is 18.2 Å². The van der Waals surface area contributed by atoms with Crippen LogP contribution in [0.25, 0.3) is 27.7 Å². The molecule has 0 fully saturated rings. The van der Waals surface area contributed by atoms with Gasteiger partial charge in [-0.05, 0) is 42.7 Å². The molecule has 2 heterocycles. The molecule has 0 amide bonds. The number of carbonyl (C=O) groups is 2. The number of nitrogens with zero attached hydrogens (tertiary/aromatic N) is 2. The van der Waals surface area contributed by atoms with Gasteiger partial charge in [-0.1, -0.05) is 42.5 Å². The summed E-state index contributed by atoms with van der Waals surface area (Å²) >= 11 is 1.49. The van der Waals surface area contributed by atoms with Gasteiger partial charge < -0.3 is 4.57 Å². The second-order valence-corrected chi connectivity index (χ2v) is 8.42. The van der Waals surface area contributed by atoms with E-state index in [0.717, 1.165) is 32.7 Å². The zero-order valence-electron chi connectivity index (χ0n) is 16.3. The van der Waals surface area contributed by atoms with Crippen molar-refractivity contribution in [3.8, 4) is 11.3 Å². The molecule has 0 spiro atoms. The summed E-state index contributed by atoms with van der Waals surface area (Å²) in [7, 11) is 1.98. The molecule has 29 heavy (non-hydrogen) atoms. The highest BCUT2D eigenvalue weighted by molar-refractivity contribution is 7.19. The van der Waals surface area contributed by atoms with Crippen LogP contribution in [0.3, 0.4) is 0 Å². The predicted molar refractivity (Wildman–Crippen MR) is 117 cm³/mol. The maximum absolute atomic E-state index is 12.9. The van der Waals surface area contributed by atoms with Gasteiger partial charge in [0.1, 0.15) is 5.01 Å². The minimum Gasteiger partial charge on any atom is -0.328 e. The van der Waals surface area contributed by atoms with Crippen LogP contribution in [0.2, 0.25) is 0 Å². The third kappa shape index (κ3) is 2.62. The van der Waals surface area contributed by atoms with Gasteiger partial charge in [0.05, 0.1) is 16.0 Å². The van der Waals surface area contributed by atoms with Gasteiger partial charge in [0.25, 0.3) is 0 Å². The summed E-state index contributed by atoms with van der Waals surface area (Å²) in [5.41, 5.74) is 6.02. The summed E-state index contributed by atoms with van der Waals surface area (Å²) in [6.45, 7) is 3.74. The van der Waals surface area contributed by atoms with Crippen molar-refractivity contribution < 1.29 is 9.59 Å². The number of Topliss-reactive ketones (excluding diaryl/α,β-unsaturated/α-hetero) is 2. The molecule has 142 valence electrons. The smallest absolute Gasteiger partial charge is 0.198 e. The first kappa shape index (κ1) is 17.8. The van der Waals surface area contributed by atoms with Gasteiger partial charge >= 0.3 is 0 Å². The lowest BCUT2D eigenvalue weighted by Gasteiger charge is -2.03. The van der Waals surface area contributed by atoms with Crippen LogP contribution in [0.4, 0.5) is 0 Å². The molecule has 0 saturated heterocycles. The minimum atomic E-state index is -0.199. The number of hydrogen-bond donors (Lipinski definition) is 0. The first-order valence-electron chi connectivity index (χ1n) is 9.38. The van der Waals surface area contributed by atoms with E-state index >= 15 is 0 Å². The van der Waals surface area contributed by atoms with E-state index in [9.17, 15) is 9.59 Å². The molecular formula is C24H18N2O2S. The molecule has 0 unspecified atom stereocenters. The number of fused-ring (bicyclic) bond motifs is 2. The fourth-order valence-corrected chi connectivity index (χ4v) is 4.96. The Morgan fingerprint density at radius 2 is 1.55 bits per heavy atom. The summed E-state index contributed by atoms with van der Waals surface area (Å²) < 4.78 is 3.07. The van der Waals surface area contributed by atoms with E-state index < -0.39 is 0 Å². The fourth-order valence-electron chi connectivity index (χ4n) is 3.98. The zero-order valence-corrected chi connectivity index (χ0v) is 17.1. The Morgan fingerprint density at radius 3 is 2.14 bits per heavy atom. The van der Waals surface area contributed by atoms with E-state index in [0.29, 0.717) is 16.1 Å². The molecule has 2 aromatic carbocycles. The molecule has 5 heteroatoms. The minimum absolute atomic E-state index is 0.199. The number of hydrogen-bond acceptors (Lipinski definition) is 4. The Balaban J connectivity index is 1.58. The van der Waals surface area contributed by atoms with Crippen molar-refractivity contribution in [2.24, 2.45) is 7.05 Å². The lowest BCUT2D eigenvalue weighted by atomic mass is 9.99. The van der Waals surface area contributed by atoms with E-state index in [4.69, 9.17) is 4.98 Å². The first-order valence-corrected chi connectivity index (χ1v) is 10.2. The van der Waals surface area contributed by atoms with Gasteiger partial charge in [0.2, 0.25) is 0 Å². The Kier molecular flexibility index (Phi) is 3.89. The number of aromatic nitrogens is 2. The monoisotopic (exact) mass is 398 g/mol. The molecule has 0 bridgehead atoms. The number of aryl methyl sites for hydroxylation is 3. The van der Waals surface area contributed by atoms with Crippen molar-refractivity contribution in [2.75, 3.05) is 0 Å². The number of benzene rings is 2. The summed E-state index contributed by atoms with van der Waals surface area (Å²) in [6, 6.07) is 16.0. The Morgan fingerprint density at radius 1 is 0.931 bits per heavy atom. The number of thiazole rings is 1. The van der Waals surface area contributed by atoms with E-state index in [1.54, 1.807) is 6.08 Å². The first-order chi connectivity index (χ1) is 14.0. The Hall–Kier alpha value is -3.31. The molecule has 4 nitrogen and oxygen atoms in total. The van der Waals surface area contributed by atoms with E-state index in [-0.39, 0.29) is 17.1 Å². The molecule has 4 aromatic rings. The lowest BCUT2D eigenvalue weighted by molar-refractivity contribution is 0.0990. The van der Waals surface area contributed by atoms with Gasteiger partial charge in [0.15, 0.2) is 17.2 Å². The van der Waals surface area contributed by atoms with Crippen LogP contribution in [0, 0.1) is 13.8 Å². The van der Waals surface area contributed by atoms with Crippen LogP contribution in [0.1, 0.15) is 36.9 Å². The molecule has 0 atom stereocenters. The van der Waals surface area contributed by atoms with Crippen molar-refractivity contribution >= 4 is 39.3 Å². The van der Waals surface area contributed by atoms with Crippen molar-refractivity contribution in [1.29, 1.82) is 0 Å². The largest absolute Gasteiger partial charge is 0.328 e. The van der Waals surface area contributed by atoms with Crippen LogP contribution in [-0.4, -0.2) is 21.1 Å². The molecular weight excluding hydrogens is 380 g/mol. The summed E-state index contributed by atoms with van der Waals surface area (Å²) in [4.78, 5) is 30.6. The van der Waals surface area contributed by atoms with E-state index in [2.05, 4.69) is 18.2 Å². The van der Waals surface area contributed by atoms with Crippen molar-refractivity contribution in [3.63, 3.8) is 0 Å². The molecule has 2 aromatic heterocycles. The standard InChI is InChI=1S/C24H18N2O2S/c1-13-9-10-14(2)21-20(13)22(27)16(23(21)28)11-19-25-24-18(29-19)12-17(26(24)3)15-7-5-4-6-8-15/h4-12H,1-3H3. The van der Waals surface area contributed by atoms with E-state index in [1.165, 1.54) is 11.3 Å². The van der Waals surface area contributed by atoms with Crippen LogP contribution >= 0.6 is 11.3 Å². The van der Waals surface area contributed by atoms with Crippen molar-refractivity contribution in [2.45, 2.75) is 13.8 Å². The number of carbonyl (C=O) groups excluding carboxylic acids is 2. The molecule has 0 aliphatic heterocycles. The molecule has 1 aliphatic rings. The molecule has 1 aliphatic carbocycles. The number of rotatable bonds is 2. The molecule has 0 N–H and O–H groups in total. The van der Waals surface area contributed by atoms with Gasteiger partial charge in [-0.2, -0.15) is 0 Å². The Bertz CT molecular complexity index is 1310. The highest BCUT2D eigenvalue weighted by Crippen LogP contribution is 2.35. The van der Waals surface area contributed by atoms with Crippen molar-refractivity contribution in [3.05, 3.63) is 81.4 Å². The summed E-state index contributed by atoms with van der Waals surface area (Å²) in [5.74, 6) is -0.397. The second kappa shape index (κ2) is 6.36. The maximum Gasteiger partial charge on any atom is 0.198 e. The summed E-state index contributed by atoms with van der Waals surface area (Å²) in [5, 5.41) is 0.671. The summed E-state index contributed by atoms with van der Waals surface area (Å²) in [6.07, 6.45) is 1.65. The predicted octanol–water partition coefficient (Wildman–Crippen LogP) is 5.38. The van der Waals surface area contributed by atoms with E-state index in [1.807, 2.05) is 55.8 Å². The topological polar surface area (TPSA) is 52.0 Å². The average molecular weight is 398 g/mol. The zero-order chi connectivity index (χ0) is 20.3. The fraction of sp³-hybridized carbons (Fsp3) is 0.125. The van der Waals surface area contributed by atoms with Gasteiger partial charge in [-0.25, -0.2) is 4.98 Å². The van der Waals surface area contributed by atoms with Crippen molar-refractivity contribution in [1.82, 2.24) is 9.55 Å². The SMILES string of the molecule is Cc1ccc(C)c2c1C(=O)C(=Cc1nc3c(cc(-c4ccccc4)n3C)s1)C2=O. The quantitative estimate of drug-likeness (QED) is 0.336. The molecule has 5 rings (SSSR count). The lowest BCUT2D eigenvalue weighted by Crippen LogP contribution is -2.01. The molecule has 0 radical (unpaired) electrons. The third-order valence-electron chi connectivity index (χ3n) is 5.50. The average Bonchev–Trinajstić information content (AvgIpc) is 3.33. The number of allylic oxidation sites excluding steroid dienone is 1. The van der Waals surface area contributed by atoms with Crippen LogP contribution < -0.4 is 0 Å². The van der Waals surface area contributed by atoms with Crippen LogP contribution in [-0.2, 0) is 7.05 Å². The van der Waals surface area contributed by atoms with Gasteiger partial charge in [-0.15, -0.1) is 11.3 Å². The second-order valence-electron chi connectivity index (χ2n) is 7.36. The maximum atomic E-state index is 12.9. The number of ketones is 2. The van der Waals surface area contributed by atoms with Crippen LogP contribution in [0.15, 0.2) is 54.1 Å². The highest BCUT2D eigenvalue weighted by atomic mass is 32.1. The normalized spacial score (nSPS) is 13.4. The van der Waals surface area contributed by atoms with Crippen LogP contribution in [0.5, 0.6) is 0 Å². The van der Waals surface area contributed by atoms with Gasteiger partial charge in [-0.3, -0.25) is 9.59 Å². The third-order valence-corrected chi connectivity index (χ3v) is 6.44.